The Morgan fingerprint density at radius 3 is 2.53 bits per heavy atom. The van der Waals surface area contributed by atoms with Crippen molar-refractivity contribution in [3.8, 4) is 0 Å². The molecule has 2 rings (SSSR count). The van der Waals surface area contributed by atoms with E-state index in [4.69, 9.17) is 0 Å². The Balaban J connectivity index is 2.15. The van der Waals surface area contributed by atoms with Crippen LogP contribution in [0.4, 0.5) is 10.1 Å². The van der Waals surface area contributed by atoms with Crippen molar-refractivity contribution in [1.82, 2.24) is 0 Å². The second-order valence-corrected chi connectivity index (χ2v) is 5.54. The van der Waals surface area contributed by atoms with E-state index in [1.807, 2.05) is 0 Å². The fraction of sp³-hybridized carbons (Fsp3) is 0.500. The van der Waals surface area contributed by atoms with Gasteiger partial charge in [0.05, 0.1) is 0 Å². The summed E-state index contributed by atoms with van der Waals surface area (Å²) in [5, 5.41) is 0. The van der Waals surface area contributed by atoms with Gasteiger partial charge in [-0.1, -0.05) is 6.92 Å². The smallest absolute Gasteiger partial charge is 0.126 e. The lowest BCUT2D eigenvalue weighted by Crippen LogP contribution is -2.32. The van der Waals surface area contributed by atoms with Gasteiger partial charge in [-0.05, 0) is 59.5 Å². The van der Waals surface area contributed by atoms with E-state index in [2.05, 4.69) is 40.5 Å². The van der Waals surface area contributed by atoms with Gasteiger partial charge in [0, 0.05) is 22.3 Å². The minimum absolute atomic E-state index is 0.129. The van der Waals surface area contributed by atoms with Crippen molar-refractivity contribution in [2.24, 2.45) is 5.92 Å². The fourth-order valence-electron chi connectivity index (χ4n) is 1.99. The molecule has 82 valence electrons. The summed E-state index contributed by atoms with van der Waals surface area (Å²) in [7, 11) is 0. The second-order valence-electron chi connectivity index (χ2n) is 4.30. The number of benzene rings is 1. The summed E-state index contributed by atoms with van der Waals surface area (Å²) in [6.45, 7) is 4.40. The number of nitrogens with zero attached hydrogens (tertiary/aromatic N) is 1. The molecular formula is C12H15FIN. The first-order chi connectivity index (χ1) is 7.15. The number of piperidine rings is 1. The third-order valence-electron chi connectivity index (χ3n) is 3.00. The van der Waals surface area contributed by atoms with Gasteiger partial charge < -0.3 is 4.90 Å². The van der Waals surface area contributed by atoms with E-state index in [-0.39, 0.29) is 5.82 Å². The number of anilines is 1. The van der Waals surface area contributed by atoms with Gasteiger partial charge in [0.1, 0.15) is 5.82 Å². The van der Waals surface area contributed by atoms with Crippen LogP contribution in [0, 0.1) is 15.3 Å². The van der Waals surface area contributed by atoms with E-state index in [9.17, 15) is 4.39 Å². The van der Waals surface area contributed by atoms with E-state index in [1.54, 1.807) is 12.1 Å². The summed E-state index contributed by atoms with van der Waals surface area (Å²) in [5.41, 5.74) is 1.03. The number of halogens is 2. The minimum Gasteiger partial charge on any atom is -0.371 e. The van der Waals surface area contributed by atoms with Crippen molar-refractivity contribution in [3.05, 3.63) is 27.6 Å². The molecule has 0 N–H and O–H groups in total. The molecule has 1 aliphatic rings. The molecule has 1 nitrogen and oxygen atoms in total. The highest BCUT2D eigenvalue weighted by molar-refractivity contribution is 14.1. The van der Waals surface area contributed by atoms with Crippen LogP contribution in [-0.2, 0) is 0 Å². The molecule has 15 heavy (non-hydrogen) atoms. The van der Waals surface area contributed by atoms with Crippen molar-refractivity contribution in [2.75, 3.05) is 18.0 Å². The van der Waals surface area contributed by atoms with Crippen LogP contribution in [0.1, 0.15) is 19.8 Å². The summed E-state index contributed by atoms with van der Waals surface area (Å²) in [4.78, 5) is 2.28. The fourth-order valence-corrected chi connectivity index (χ4v) is 2.61. The van der Waals surface area contributed by atoms with Crippen LogP contribution >= 0.6 is 22.6 Å². The highest BCUT2D eigenvalue weighted by atomic mass is 127. The monoisotopic (exact) mass is 319 g/mol. The zero-order chi connectivity index (χ0) is 10.8. The van der Waals surface area contributed by atoms with Gasteiger partial charge in [-0.25, -0.2) is 4.39 Å². The SMILES string of the molecule is CC1CCN(c2cc(F)cc(I)c2)CC1. The Hall–Kier alpha value is -0.320. The molecule has 3 heteroatoms. The molecule has 0 radical (unpaired) electrons. The maximum Gasteiger partial charge on any atom is 0.126 e. The third kappa shape index (κ3) is 2.83. The molecule has 0 aromatic heterocycles. The Morgan fingerprint density at radius 1 is 1.27 bits per heavy atom. The molecule has 1 aromatic carbocycles. The van der Waals surface area contributed by atoms with Gasteiger partial charge >= 0.3 is 0 Å². The summed E-state index contributed by atoms with van der Waals surface area (Å²) in [6.07, 6.45) is 2.43. The van der Waals surface area contributed by atoms with Gasteiger partial charge in [0.2, 0.25) is 0 Å². The molecule has 0 atom stereocenters. The summed E-state index contributed by atoms with van der Waals surface area (Å²) >= 11 is 2.16. The van der Waals surface area contributed by atoms with Crippen molar-refractivity contribution < 1.29 is 4.39 Å². The molecule has 0 amide bonds. The number of rotatable bonds is 1. The van der Waals surface area contributed by atoms with Crippen LogP contribution in [0.2, 0.25) is 0 Å². The Morgan fingerprint density at radius 2 is 1.93 bits per heavy atom. The lowest BCUT2D eigenvalue weighted by atomic mass is 9.99. The molecule has 0 saturated carbocycles. The molecule has 0 spiro atoms. The predicted octanol–water partition coefficient (Wildman–Crippen LogP) is 3.67. The normalized spacial score (nSPS) is 18.2. The van der Waals surface area contributed by atoms with Crippen LogP contribution in [0.15, 0.2) is 18.2 Å². The largest absolute Gasteiger partial charge is 0.371 e. The quantitative estimate of drug-likeness (QED) is 0.714. The van der Waals surface area contributed by atoms with Crippen molar-refractivity contribution in [1.29, 1.82) is 0 Å². The maximum atomic E-state index is 13.2. The summed E-state index contributed by atoms with van der Waals surface area (Å²) in [5.74, 6) is 0.685. The zero-order valence-corrected chi connectivity index (χ0v) is 11.0. The molecule has 1 fully saturated rings. The Labute approximate surface area is 104 Å². The summed E-state index contributed by atoms with van der Waals surface area (Å²) in [6, 6.07) is 5.26. The average Bonchev–Trinajstić information content (AvgIpc) is 2.17. The van der Waals surface area contributed by atoms with E-state index in [1.165, 1.54) is 12.8 Å². The predicted molar refractivity (Wildman–Crippen MR) is 69.7 cm³/mol. The highest BCUT2D eigenvalue weighted by Gasteiger charge is 2.16. The Kier molecular flexibility index (Phi) is 3.49. The van der Waals surface area contributed by atoms with Gasteiger partial charge in [-0.3, -0.25) is 0 Å². The standard InChI is InChI=1S/C12H15FIN/c1-9-2-4-15(5-3-9)12-7-10(13)6-11(14)8-12/h6-9H,2-5H2,1H3. The van der Waals surface area contributed by atoms with Gasteiger partial charge in [0.15, 0.2) is 0 Å². The molecular weight excluding hydrogens is 304 g/mol. The van der Waals surface area contributed by atoms with E-state index in [0.29, 0.717) is 0 Å². The van der Waals surface area contributed by atoms with E-state index in [0.717, 1.165) is 28.3 Å². The van der Waals surface area contributed by atoms with Crippen molar-refractivity contribution in [2.45, 2.75) is 19.8 Å². The maximum absolute atomic E-state index is 13.2. The van der Waals surface area contributed by atoms with Crippen LogP contribution in [0.25, 0.3) is 0 Å². The first-order valence-electron chi connectivity index (χ1n) is 5.36. The Bertz CT molecular complexity index is 325. The lowest BCUT2D eigenvalue weighted by molar-refractivity contribution is 0.438. The summed E-state index contributed by atoms with van der Waals surface area (Å²) < 4.78 is 14.2. The molecule has 1 saturated heterocycles. The van der Waals surface area contributed by atoms with Crippen LogP contribution < -0.4 is 4.90 Å². The van der Waals surface area contributed by atoms with Crippen LogP contribution in [-0.4, -0.2) is 13.1 Å². The first kappa shape index (κ1) is 11.2. The second kappa shape index (κ2) is 4.68. The molecule has 0 aliphatic carbocycles. The number of hydrogen-bond acceptors (Lipinski definition) is 1. The molecule has 1 aliphatic heterocycles. The molecule has 0 unspecified atom stereocenters. The first-order valence-corrected chi connectivity index (χ1v) is 6.44. The van der Waals surface area contributed by atoms with Crippen molar-refractivity contribution in [3.63, 3.8) is 0 Å². The molecule has 0 bridgehead atoms. The van der Waals surface area contributed by atoms with E-state index >= 15 is 0 Å². The molecule has 1 heterocycles. The molecule has 1 aromatic rings. The number of hydrogen-bond donors (Lipinski definition) is 0. The van der Waals surface area contributed by atoms with Crippen LogP contribution in [0.3, 0.4) is 0 Å². The van der Waals surface area contributed by atoms with Gasteiger partial charge in [-0.2, -0.15) is 0 Å². The van der Waals surface area contributed by atoms with Crippen LogP contribution in [0.5, 0.6) is 0 Å². The van der Waals surface area contributed by atoms with Gasteiger partial charge in [0.25, 0.3) is 0 Å². The highest BCUT2D eigenvalue weighted by Crippen LogP contribution is 2.25. The average molecular weight is 319 g/mol. The van der Waals surface area contributed by atoms with Gasteiger partial charge in [-0.15, -0.1) is 0 Å². The third-order valence-corrected chi connectivity index (χ3v) is 3.62. The van der Waals surface area contributed by atoms with Crippen molar-refractivity contribution >= 4 is 28.3 Å². The lowest BCUT2D eigenvalue weighted by Gasteiger charge is -2.32. The minimum atomic E-state index is -0.129. The zero-order valence-electron chi connectivity index (χ0n) is 8.84. The van der Waals surface area contributed by atoms with E-state index < -0.39 is 0 Å². The topological polar surface area (TPSA) is 3.24 Å².